The highest BCUT2D eigenvalue weighted by atomic mass is 32.2. The number of aliphatic imine (C=N–C) groups is 2. The van der Waals surface area contributed by atoms with Crippen LogP contribution in [0.15, 0.2) is 28.2 Å². The fourth-order valence-electron chi connectivity index (χ4n) is 2.59. The van der Waals surface area contributed by atoms with Gasteiger partial charge in [-0.15, -0.1) is 23.5 Å². The monoisotopic (exact) mass is 361 g/mol. The molecule has 0 aliphatic carbocycles. The first kappa shape index (κ1) is 18.0. The van der Waals surface area contributed by atoms with Crippen molar-refractivity contribution < 1.29 is 0 Å². The van der Waals surface area contributed by atoms with Crippen LogP contribution >= 0.6 is 23.5 Å². The summed E-state index contributed by atoms with van der Waals surface area (Å²) in [7, 11) is 0. The molecule has 3 nitrogen and oxygen atoms in total. The Balaban J connectivity index is 1.84. The van der Waals surface area contributed by atoms with Crippen LogP contribution in [0, 0.1) is 10.8 Å². The van der Waals surface area contributed by atoms with Gasteiger partial charge in [0.25, 0.3) is 0 Å². The maximum atomic E-state index is 4.92. The summed E-state index contributed by atoms with van der Waals surface area (Å²) in [5.74, 6) is 2.10. The van der Waals surface area contributed by atoms with Crippen molar-refractivity contribution >= 4 is 33.6 Å². The molecule has 0 bridgehead atoms. The van der Waals surface area contributed by atoms with Crippen molar-refractivity contribution in [2.75, 3.05) is 11.5 Å². The van der Waals surface area contributed by atoms with Gasteiger partial charge in [0.2, 0.25) is 0 Å². The first-order valence-electron chi connectivity index (χ1n) is 8.53. The molecule has 1 aromatic heterocycles. The largest absolute Gasteiger partial charge is 0.271 e. The summed E-state index contributed by atoms with van der Waals surface area (Å²) < 4.78 is 0. The second-order valence-corrected chi connectivity index (χ2v) is 10.7. The van der Waals surface area contributed by atoms with Crippen LogP contribution in [-0.4, -0.2) is 38.7 Å². The van der Waals surface area contributed by atoms with E-state index in [2.05, 4.69) is 59.7 Å². The fourth-order valence-corrected chi connectivity index (χ4v) is 5.30. The van der Waals surface area contributed by atoms with Crippen LogP contribution in [0.2, 0.25) is 0 Å². The lowest BCUT2D eigenvalue weighted by molar-refractivity contribution is 0.349. The molecule has 0 spiro atoms. The highest BCUT2D eigenvalue weighted by Gasteiger charge is 2.32. The third-order valence-electron chi connectivity index (χ3n) is 4.49. The zero-order valence-electron chi connectivity index (χ0n) is 15.5. The van der Waals surface area contributed by atoms with E-state index in [9.17, 15) is 0 Å². The van der Waals surface area contributed by atoms with Crippen molar-refractivity contribution in [2.45, 2.75) is 53.6 Å². The number of hydrogen-bond donors (Lipinski definition) is 0. The first-order chi connectivity index (χ1) is 11.1. The molecule has 3 rings (SSSR count). The molecule has 3 heterocycles. The standard InChI is InChI=1S/C19H27N3S2/c1-18(2,3)14-10-23-16(21-14)12-8-7-9-13(20-12)17-22-15(11-24-17)19(4,5)6/h7-9,14-15H,10-11H2,1-6H3/t14-,15-/m0/s1. The minimum atomic E-state index is 0.206. The number of nitrogens with zero attached hydrogens (tertiary/aromatic N) is 3. The van der Waals surface area contributed by atoms with Gasteiger partial charge in [-0.1, -0.05) is 47.6 Å². The lowest BCUT2D eigenvalue weighted by atomic mass is 9.88. The first-order valence-corrected chi connectivity index (χ1v) is 10.5. The Kier molecular flexibility index (Phi) is 4.86. The highest BCUT2D eigenvalue weighted by Crippen LogP contribution is 2.35. The molecule has 0 amide bonds. The molecule has 0 N–H and O–H groups in total. The van der Waals surface area contributed by atoms with E-state index in [1.165, 1.54) is 0 Å². The smallest absolute Gasteiger partial charge is 0.117 e. The molecule has 0 aromatic carbocycles. The average molecular weight is 362 g/mol. The van der Waals surface area contributed by atoms with Gasteiger partial charge in [-0.3, -0.25) is 9.98 Å². The van der Waals surface area contributed by atoms with E-state index in [1.807, 2.05) is 23.5 Å². The lowest BCUT2D eigenvalue weighted by Crippen LogP contribution is -2.24. The Bertz CT molecular complexity index is 625. The molecule has 130 valence electrons. The van der Waals surface area contributed by atoms with Crippen LogP contribution in [0.25, 0.3) is 0 Å². The highest BCUT2D eigenvalue weighted by molar-refractivity contribution is 8.15. The SMILES string of the molecule is CC(C)(C)[C@@H]1CSC(c2cccc(C3=N[C@H](C(C)(C)C)CS3)n2)=N1. The molecule has 0 saturated heterocycles. The van der Waals surface area contributed by atoms with Gasteiger partial charge in [-0.2, -0.15) is 0 Å². The van der Waals surface area contributed by atoms with Crippen LogP contribution in [0.5, 0.6) is 0 Å². The van der Waals surface area contributed by atoms with E-state index in [0.29, 0.717) is 12.1 Å². The van der Waals surface area contributed by atoms with Crippen molar-refractivity contribution in [2.24, 2.45) is 20.8 Å². The van der Waals surface area contributed by atoms with Crippen molar-refractivity contribution in [1.82, 2.24) is 4.98 Å². The van der Waals surface area contributed by atoms with Gasteiger partial charge in [0.1, 0.15) is 10.1 Å². The normalized spacial score (nSPS) is 24.9. The summed E-state index contributed by atoms with van der Waals surface area (Å²) in [4.78, 5) is 14.7. The third-order valence-corrected chi connectivity index (χ3v) is 6.63. The summed E-state index contributed by atoms with van der Waals surface area (Å²) in [5.41, 5.74) is 2.40. The van der Waals surface area contributed by atoms with Crippen LogP contribution in [0.1, 0.15) is 52.9 Å². The third kappa shape index (κ3) is 3.88. The van der Waals surface area contributed by atoms with Crippen LogP contribution in [0.4, 0.5) is 0 Å². The molecule has 0 saturated carbocycles. The quantitative estimate of drug-likeness (QED) is 0.752. The van der Waals surface area contributed by atoms with Gasteiger partial charge in [-0.25, -0.2) is 4.98 Å². The topological polar surface area (TPSA) is 37.6 Å². The molecule has 2 atom stereocenters. The van der Waals surface area contributed by atoms with Gasteiger partial charge in [0, 0.05) is 11.5 Å². The zero-order chi connectivity index (χ0) is 17.5. The van der Waals surface area contributed by atoms with Crippen LogP contribution in [0.3, 0.4) is 0 Å². The van der Waals surface area contributed by atoms with Crippen molar-refractivity contribution in [3.8, 4) is 0 Å². The van der Waals surface area contributed by atoms with Gasteiger partial charge < -0.3 is 0 Å². The number of pyridine rings is 1. The molecule has 5 heteroatoms. The summed E-state index contributed by atoms with van der Waals surface area (Å²) in [5, 5.41) is 2.15. The van der Waals surface area contributed by atoms with E-state index in [-0.39, 0.29) is 10.8 Å². The van der Waals surface area contributed by atoms with E-state index in [4.69, 9.17) is 15.0 Å². The predicted molar refractivity (Wildman–Crippen MR) is 109 cm³/mol. The van der Waals surface area contributed by atoms with Gasteiger partial charge in [0.05, 0.1) is 23.5 Å². The molecule has 1 aromatic rings. The van der Waals surface area contributed by atoms with Crippen molar-refractivity contribution in [3.05, 3.63) is 29.6 Å². The molecule has 0 radical (unpaired) electrons. The zero-order valence-corrected chi connectivity index (χ0v) is 17.1. The summed E-state index contributed by atoms with van der Waals surface area (Å²) in [6, 6.07) is 6.96. The summed E-state index contributed by atoms with van der Waals surface area (Å²) >= 11 is 3.65. The number of aromatic nitrogens is 1. The fraction of sp³-hybridized carbons (Fsp3) is 0.632. The maximum absolute atomic E-state index is 4.92. The van der Waals surface area contributed by atoms with Crippen LogP contribution < -0.4 is 0 Å². The average Bonchev–Trinajstić information content (AvgIpc) is 3.16. The Morgan fingerprint density at radius 2 is 1.21 bits per heavy atom. The Labute approximate surface area is 154 Å². The van der Waals surface area contributed by atoms with Gasteiger partial charge >= 0.3 is 0 Å². The van der Waals surface area contributed by atoms with E-state index >= 15 is 0 Å². The molecular weight excluding hydrogens is 334 g/mol. The van der Waals surface area contributed by atoms with E-state index < -0.39 is 0 Å². The molecule has 0 fully saturated rings. The minimum absolute atomic E-state index is 0.206. The van der Waals surface area contributed by atoms with Crippen molar-refractivity contribution in [1.29, 1.82) is 0 Å². The molecule has 2 aliphatic rings. The maximum Gasteiger partial charge on any atom is 0.117 e. The number of rotatable bonds is 2. The summed E-state index contributed by atoms with van der Waals surface area (Å²) in [6.07, 6.45) is 0. The number of hydrogen-bond acceptors (Lipinski definition) is 5. The second-order valence-electron chi connectivity index (χ2n) is 8.66. The van der Waals surface area contributed by atoms with E-state index in [0.717, 1.165) is 33.0 Å². The summed E-state index contributed by atoms with van der Waals surface area (Å²) in [6.45, 7) is 13.5. The molecular formula is C19H27N3S2. The van der Waals surface area contributed by atoms with E-state index in [1.54, 1.807) is 0 Å². The van der Waals surface area contributed by atoms with Crippen molar-refractivity contribution in [3.63, 3.8) is 0 Å². The second kappa shape index (κ2) is 6.49. The van der Waals surface area contributed by atoms with Gasteiger partial charge in [-0.05, 0) is 23.0 Å². The minimum Gasteiger partial charge on any atom is -0.271 e. The molecule has 2 aliphatic heterocycles. The predicted octanol–water partition coefficient (Wildman–Crippen LogP) is 4.90. The molecule has 0 unspecified atom stereocenters. The lowest BCUT2D eigenvalue weighted by Gasteiger charge is -2.23. The Morgan fingerprint density at radius 1 is 0.792 bits per heavy atom. The van der Waals surface area contributed by atoms with Crippen LogP contribution in [-0.2, 0) is 0 Å². The Hall–Kier alpha value is -0.810. The van der Waals surface area contributed by atoms with Gasteiger partial charge in [0.15, 0.2) is 0 Å². The molecule has 24 heavy (non-hydrogen) atoms. The Morgan fingerprint density at radius 3 is 1.54 bits per heavy atom. The number of thioether (sulfide) groups is 2.